The molecule has 1 fully saturated rings. The van der Waals surface area contributed by atoms with E-state index in [0.717, 1.165) is 5.56 Å². The number of rotatable bonds is 5. The summed E-state index contributed by atoms with van der Waals surface area (Å²) in [4.78, 5) is 4.11. The van der Waals surface area contributed by atoms with Gasteiger partial charge in [0.15, 0.2) is 5.96 Å². The quantitative estimate of drug-likeness (QED) is 0.356. The molecule has 0 atom stereocenters. The molecule has 0 radical (unpaired) electrons. The number of benzene rings is 1. The fraction of sp³-hybridized carbons (Fsp3) is 0.562. The van der Waals surface area contributed by atoms with Gasteiger partial charge in [-0.3, -0.25) is 4.99 Å². The van der Waals surface area contributed by atoms with Gasteiger partial charge in [-0.2, -0.15) is 17.5 Å². The largest absolute Gasteiger partial charge is 0.511 e. The number of sulfonamides is 1. The summed E-state index contributed by atoms with van der Waals surface area (Å²) in [6, 6.07) is 9.78. The minimum Gasteiger partial charge on any atom is -0.356 e. The SMILES string of the molecule is CN=C(NCc1ccccc1)NCC1CCN(S(=O)(=O)C(F)(F)F)CC1.I. The van der Waals surface area contributed by atoms with E-state index in [1.54, 1.807) is 7.05 Å². The topological polar surface area (TPSA) is 73.8 Å². The number of alkyl halides is 3. The molecule has 27 heavy (non-hydrogen) atoms. The van der Waals surface area contributed by atoms with Crippen LogP contribution in [-0.4, -0.2) is 50.9 Å². The van der Waals surface area contributed by atoms with E-state index in [-0.39, 0.29) is 43.0 Å². The first-order valence-corrected chi connectivity index (χ1v) is 9.73. The molecule has 0 bridgehead atoms. The highest BCUT2D eigenvalue weighted by molar-refractivity contribution is 14.0. The van der Waals surface area contributed by atoms with Crippen molar-refractivity contribution in [1.29, 1.82) is 0 Å². The molecule has 1 aliphatic rings. The van der Waals surface area contributed by atoms with E-state index in [2.05, 4.69) is 15.6 Å². The zero-order valence-corrected chi connectivity index (χ0v) is 18.0. The molecule has 2 N–H and O–H groups in total. The molecule has 1 heterocycles. The standard InChI is InChI=1S/C16H23F3N4O2S.HI/c1-20-15(21-11-13-5-3-2-4-6-13)22-12-14-7-9-23(10-8-14)26(24,25)16(17,18)19;/h2-6,14H,7-12H2,1H3,(H2,20,21,22);1H. The molecule has 0 aromatic heterocycles. The highest BCUT2D eigenvalue weighted by Gasteiger charge is 2.50. The molecule has 0 spiro atoms. The van der Waals surface area contributed by atoms with E-state index in [4.69, 9.17) is 0 Å². The van der Waals surface area contributed by atoms with Gasteiger partial charge in [0, 0.05) is 33.2 Å². The maximum absolute atomic E-state index is 12.6. The number of nitrogens with zero attached hydrogens (tertiary/aromatic N) is 2. The van der Waals surface area contributed by atoms with Crippen molar-refractivity contribution in [2.24, 2.45) is 10.9 Å². The van der Waals surface area contributed by atoms with Crippen LogP contribution in [0.3, 0.4) is 0 Å². The molecule has 11 heteroatoms. The average Bonchev–Trinajstić information content (AvgIpc) is 2.62. The number of halogens is 4. The van der Waals surface area contributed by atoms with Gasteiger partial charge in [-0.05, 0) is 24.3 Å². The van der Waals surface area contributed by atoms with Crippen LogP contribution in [0.15, 0.2) is 35.3 Å². The summed E-state index contributed by atoms with van der Waals surface area (Å²) in [5.74, 6) is 0.684. The minimum absolute atomic E-state index is 0. The molecule has 2 rings (SSSR count). The zero-order valence-electron chi connectivity index (χ0n) is 14.9. The monoisotopic (exact) mass is 520 g/mol. The van der Waals surface area contributed by atoms with E-state index >= 15 is 0 Å². The Morgan fingerprint density at radius 2 is 1.78 bits per heavy atom. The first-order chi connectivity index (χ1) is 12.2. The van der Waals surface area contributed by atoms with Crippen molar-refractivity contribution in [3.63, 3.8) is 0 Å². The molecule has 6 nitrogen and oxygen atoms in total. The number of nitrogens with one attached hydrogen (secondary N) is 2. The normalized spacial score (nSPS) is 17.3. The van der Waals surface area contributed by atoms with Crippen LogP contribution in [0.2, 0.25) is 0 Å². The van der Waals surface area contributed by atoms with Crippen molar-refractivity contribution >= 4 is 40.0 Å². The number of aliphatic imine (C=N–C) groups is 1. The van der Waals surface area contributed by atoms with E-state index < -0.39 is 15.5 Å². The third-order valence-electron chi connectivity index (χ3n) is 4.29. The maximum atomic E-state index is 12.6. The highest BCUT2D eigenvalue weighted by atomic mass is 127. The van der Waals surface area contributed by atoms with Crippen LogP contribution < -0.4 is 10.6 Å². The predicted octanol–water partition coefficient (Wildman–Crippen LogP) is 2.53. The molecule has 0 amide bonds. The molecule has 0 unspecified atom stereocenters. The third-order valence-corrected chi connectivity index (χ3v) is 5.92. The van der Waals surface area contributed by atoms with Gasteiger partial charge in [0.1, 0.15) is 0 Å². The number of piperidine rings is 1. The van der Waals surface area contributed by atoms with Crippen LogP contribution in [0.4, 0.5) is 13.2 Å². The smallest absolute Gasteiger partial charge is 0.356 e. The fourth-order valence-electron chi connectivity index (χ4n) is 2.74. The zero-order chi connectivity index (χ0) is 19.2. The first kappa shape index (κ1) is 24.0. The van der Waals surface area contributed by atoms with Gasteiger partial charge in [-0.1, -0.05) is 30.3 Å². The van der Waals surface area contributed by atoms with Crippen molar-refractivity contribution < 1.29 is 21.6 Å². The van der Waals surface area contributed by atoms with Crippen molar-refractivity contribution in [2.45, 2.75) is 24.9 Å². The van der Waals surface area contributed by atoms with E-state index in [1.807, 2.05) is 30.3 Å². The lowest BCUT2D eigenvalue weighted by molar-refractivity contribution is -0.0496. The third kappa shape index (κ3) is 6.79. The number of hydrogen-bond donors (Lipinski definition) is 2. The number of hydrogen-bond acceptors (Lipinski definition) is 3. The summed E-state index contributed by atoms with van der Waals surface area (Å²) in [6.07, 6.45) is 0.746. The summed E-state index contributed by atoms with van der Waals surface area (Å²) in [5, 5.41) is 6.30. The molecule has 1 aromatic rings. The van der Waals surface area contributed by atoms with Crippen molar-refractivity contribution in [3.8, 4) is 0 Å². The Morgan fingerprint density at radius 3 is 2.30 bits per heavy atom. The number of guanidine groups is 1. The minimum atomic E-state index is -5.23. The lowest BCUT2D eigenvalue weighted by Crippen LogP contribution is -2.47. The van der Waals surface area contributed by atoms with Gasteiger partial charge in [0.25, 0.3) is 0 Å². The summed E-state index contributed by atoms with van der Waals surface area (Å²) >= 11 is 0. The van der Waals surface area contributed by atoms with Gasteiger partial charge >= 0.3 is 15.5 Å². The molecule has 0 aliphatic carbocycles. The summed E-state index contributed by atoms with van der Waals surface area (Å²) in [5.41, 5.74) is -4.14. The highest BCUT2D eigenvalue weighted by Crippen LogP contribution is 2.30. The second kappa shape index (κ2) is 10.5. The Hall–Kier alpha value is -1.08. The molecule has 1 aliphatic heterocycles. The van der Waals surface area contributed by atoms with Crippen LogP contribution in [0.5, 0.6) is 0 Å². The molecular weight excluding hydrogens is 496 g/mol. The maximum Gasteiger partial charge on any atom is 0.511 e. The Labute approximate surface area is 174 Å². The van der Waals surface area contributed by atoms with Gasteiger partial charge in [0.05, 0.1) is 0 Å². The molecule has 0 saturated carbocycles. The predicted molar refractivity (Wildman–Crippen MR) is 109 cm³/mol. The van der Waals surface area contributed by atoms with E-state index in [9.17, 15) is 21.6 Å². The fourth-order valence-corrected chi connectivity index (χ4v) is 3.73. The molecule has 154 valence electrons. The molecule has 1 saturated heterocycles. The van der Waals surface area contributed by atoms with Gasteiger partial charge in [0.2, 0.25) is 0 Å². The van der Waals surface area contributed by atoms with Gasteiger partial charge in [-0.25, -0.2) is 8.42 Å². The second-order valence-corrected chi connectivity index (χ2v) is 8.01. The van der Waals surface area contributed by atoms with Crippen molar-refractivity contribution in [3.05, 3.63) is 35.9 Å². The average molecular weight is 520 g/mol. The van der Waals surface area contributed by atoms with E-state index in [0.29, 0.717) is 36.2 Å². The van der Waals surface area contributed by atoms with Crippen LogP contribution in [0, 0.1) is 5.92 Å². The lowest BCUT2D eigenvalue weighted by Gasteiger charge is -2.31. The first-order valence-electron chi connectivity index (χ1n) is 8.29. The van der Waals surface area contributed by atoms with Crippen LogP contribution >= 0.6 is 24.0 Å². The Bertz CT molecular complexity index is 706. The van der Waals surface area contributed by atoms with Crippen LogP contribution in [0.25, 0.3) is 0 Å². The Kier molecular flexibility index (Phi) is 9.28. The van der Waals surface area contributed by atoms with Gasteiger partial charge < -0.3 is 10.6 Å². The molecule has 1 aromatic carbocycles. The molecular formula is C16H24F3IN4O2S. The van der Waals surface area contributed by atoms with Crippen LogP contribution in [-0.2, 0) is 16.6 Å². The Morgan fingerprint density at radius 1 is 1.19 bits per heavy atom. The summed E-state index contributed by atoms with van der Waals surface area (Å²) < 4.78 is 61.0. The second-order valence-electron chi connectivity index (χ2n) is 6.09. The van der Waals surface area contributed by atoms with E-state index in [1.165, 1.54) is 0 Å². The summed E-state index contributed by atoms with van der Waals surface area (Å²) in [6.45, 7) is 0.881. The van der Waals surface area contributed by atoms with Gasteiger partial charge in [-0.15, -0.1) is 24.0 Å². The van der Waals surface area contributed by atoms with Crippen molar-refractivity contribution in [2.75, 3.05) is 26.7 Å². The summed E-state index contributed by atoms with van der Waals surface area (Å²) in [7, 11) is -3.58. The van der Waals surface area contributed by atoms with Crippen LogP contribution in [0.1, 0.15) is 18.4 Å². The van der Waals surface area contributed by atoms with Crippen molar-refractivity contribution in [1.82, 2.24) is 14.9 Å². The Balaban J connectivity index is 0.00000364. The lowest BCUT2D eigenvalue weighted by atomic mass is 9.98.